The van der Waals surface area contributed by atoms with Gasteiger partial charge in [-0.3, -0.25) is 0 Å². The van der Waals surface area contributed by atoms with Crippen LogP contribution in [0, 0.1) is 0 Å². The number of hydrogen-bond donors (Lipinski definition) is 0. The molecule has 4 heteroatoms. The number of rotatable bonds is 6. The molecule has 0 spiro atoms. The zero-order chi connectivity index (χ0) is 14.7. The van der Waals surface area contributed by atoms with E-state index in [1.54, 1.807) is 0 Å². The average Bonchev–Trinajstić information content (AvgIpc) is 3.00. The molecular weight excluding hydrogens is 268 g/mol. The van der Waals surface area contributed by atoms with Gasteiger partial charge >= 0.3 is 0 Å². The van der Waals surface area contributed by atoms with Gasteiger partial charge in [0.15, 0.2) is 12.6 Å². The largest absolute Gasteiger partial charge is 0.368 e. The van der Waals surface area contributed by atoms with Gasteiger partial charge in [-0.2, -0.15) is 0 Å². The summed E-state index contributed by atoms with van der Waals surface area (Å²) in [5, 5.41) is 0. The normalized spacial score (nSPS) is 35.0. The van der Waals surface area contributed by atoms with Gasteiger partial charge in [0, 0.05) is 0 Å². The lowest BCUT2D eigenvalue weighted by Crippen LogP contribution is -2.35. The molecule has 2 aliphatic rings. The fourth-order valence-electron chi connectivity index (χ4n) is 2.99. The van der Waals surface area contributed by atoms with Crippen LogP contribution in [0.4, 0.5) is 0 Å². The summed E-state index contributed by atoms with van der Waals surface area (Å²) in [4.78, 5) is 0. The minimum absolute atomic E-state index is 0.0493. The Labute approximate surface area is 126 Å². The lowest BCUT2D eigenvalue weighted by molar-refractivity contribution is -0.169. The molecule has 1 aromatic carbocycles. The van der Waals surface area contributed by atoms with Gasteiger partial charge in [0.05, 0.1) is 12.7 Å². The second-order valence-corrected chi connectivity index (χ2v) is 5.75. The van der Waals surface area contributed by atoms with E-state index >= 15 is 0 Å². The lowest BCUT2D eigenvalue weighted by Gasteiger charge is -2.22. The SMILES string of the molecule is CCCC[C@H]1O[C@@H]2OC(C)O[C@@H]2[C@H]1OCc1ccccc1. The van der Waals surface area contributed by atoms with Gasteiger partial charge in [-0.1, -0.05) is 50.1 Å². The Kier molecular flexibility index (Phi) is 4.91. The van der Waals surface area contributed by atoms with Gasteiger partial charge in [-0.05, 0) is 18.9 Å². The number of ether oxygens (including phenoxy) is 4. The molecule has 0 aliphatic carbocycles. The predicted octanol–water partition coefficient (Wildman–Crippen LogP) is 3.25. The highest BCUT2D eigenvalue weighted by Gasteiger charge is 2.51. The van der Waals surface area contributed by atoms with Crippen LogP contribution in [-0.2, 0) is 25.6 Å². The molecule has 2 fully saturated rings. The highest BCUT2D eigenvalue weighted by molar-refractivity contribution is 5.13. The van der Waals surface area contributed by atoms with Gasteiger partial charge in [0.2, 0.25) is 0 Å². The first-order valence-electron chi connectivity index (χ1n) is 7.90. The molecular formula is C17H24O4. The van der Waals surface area contributed by atoms with Gasteiger partial charge in [-0.15, -0.1) is 0 Å². The molecule has 21 heavy (non-hydrogen) atoms. The van der Waals surface area contributed by atoms with Gasteiger partial charge < -0.3 is 18.9 Å². The number of fused-ring (bicyclic) bond motifs is 1. The van der Waals surface area contributed by atoms with E-state index in [-0.39, 0.29) is 30.9 Å². The van der Waals surface area contributed by atoms with Crippen LogP contribution in [0.25, 0.3) is 0 Å². The summed E-state index contributed by atoms with van der Waals surface area (Å²) in [6.45, 7) is 4.67. The maximum absolute atomic E-state index is 6.13. The van der Waals surface area contributed by atoms with E-state index in [4.69, 9.17) is 18.9 Å². The Morgan fingerprint density at radius 2 is 1.90 bits per heavy atom. The van der Waals surface area contributed by atoms with Crippen molar-refractivity contribution in [3.8, 4) is 0 Å². The summed E-state index contributed by atoms with van der Waals surface area (Å²) in [5.74, 6) is 0. The van der Waals surface area contributed by atoms with Crippen molar-refractivity contribution in [3.05, 3.63) is 35.9 Å². The second-order valence-electron chi connectivity index (χ2n) is 5.75. The molecule has 1 aromatic rings. The molecule has 0 bridgehead atoms. The van der Waals surface area contributed by atoms with Crippen LogP contribution in [0.3, 0.4) is 0 Å². The summed E-state index contributed by atoms with van der Waals surface area (Å²) >= 11 is 0. The molecule has 0 aromatic heterocycles. The fraction of sp³-hybridized carbons (Fsp3) is 0.647. The summed E-state index contributed by atoms with van der Waals surface area (Å²) < 4.78 is 23.6. The highest BCUT2D eigenvalue weighted by Crippen LogP contribution is 2.36. The molecule has 1 unspecified atom stereocenters. The zero-order valence-corrected chi connectivity index (χ0v) is 12.7. The Bertz CT molecular complexity index is 436. The van der Waals surface area contributed by atoms with Gasteiger partial charge in [-0.25, -0.2) is 0 Å². The van der Waals surface area contributed by atoms with Crippen LogP contribution in [-0.4, -0.2) is 30.9 Å². The molecule has 3 rings (SSSR count). The molecule has 0 radical (unpaired) electrons. The molecule has 0 N–H and O–H groups in total. The minimum atomic E-state index is -0.275. The Balaban J connectivity index is 1.63. The van der Waals surface area contributed by atoms with Crippen LogP contribution in [0.5, 0.6) is 0 Å². The maximum atomic E-state index is 6.13. The third-order valence-corrected chi connectivity index (χ3v) is 4.07. The van der Waals surface area contributed by atoms with E-state index in [1.165, 1.54) is 5.56 Å². The highest BCUT2D eigenvalue weighted by atomic mass is 16.8. The summed E-state index contributed by atoms with van der Waals surface area (Å²) in [7, 11) is 0. The first-order chi connectivity index (χ1) is 10.3. The van der Waals surface area contributed by atoms with E-state index in [0.717, 1.165) is 19.3 Å². The lowest BCUT2D eigenvalue weighted by atomic mass is 10.1. The number of benzene rings is 1. The predicted molar refractivity (Wildman–Crippen MR) is 78.6 cm³/mol. The standard InChI is InChI=1S/C17H24O4/c1-3-4-10-14-15(16-17(21-14)20-12(2)19-16)18-11-13-8-6-5-7-9-13/h5-9,12,14-17H,3-4,10-11H2,1-2H3/t12?,14-,15+,16-,17+/m1/s1. The number of hydrogen-bond acceptors (Lipinski definition) is 4. The molecule has 2 heterocycles. The van der Waals surface area contributed by atoms with E-state index in [2.05, 4.69) is 19.1 Å². The Morgan fingerprint density at radius 3 is 2.67 bits per heavy atom. The van der Waals surface area contributed by atoms with Crippen molar-refractivity contribution in [1.29, 1.82) is 0 Å². The van der Waals surface area contributed by atoms with Crippen LogP contribution >= 0.6 is 0 Å². The molecule has 116 valence electrons. The Hall–Kier alpha value is -0.940. The molecule has 0 amide bonds. The van der Waals surface area contributed by atoms with Crippen molar-refractivity contribution in [3.63, 3.8) is 0 Å². The monoisotopic (exact) mass is 292 g/mol. The van der Waals surface area contributed by atoms with E-state index in [0.29, 0.717) is 6.61 Å². The van der Waals surface area contributed by atoms with Crippen LogP contribution in [0.15, 0.2) is 30.3 Å². The molecule has 0 saturated carbocycles. The van der Waals surface area contributed by atoms with Crippen LogP contribution in [0.2, 0.25) is 0 Å². The average molecular weight is 292 g/mol. The van der Waals surface area contributed by atoms with Crippen molar-refractivity contribution < 1.29 is 18.9 Å². The van der Waals surface area contributed by atoms with Gasteiger partial charge in [0.1, 0.15) is 12.2 Å². The molecule has 5 atom stereocenters. The Morgan fingerprint density at radius 1 is 1.10 bits per heavy atom. The van der Waals surface area contributed by atoms with Crippen molar-refractivity contribution in [2.75, 3.05) is 0 Å². The molecule has 2 saturated heterocycles. The van der Waals surface area contributed by atoms with Crippen molar-refractivity contribution in [2.45, 2.75) is 70.6 Å². The molecule has 4 nitrogen and oxygen atoms in total. The van der Waals surface area contributed by atoms with Crippen LogP contribution < -0.4 is 0 Å². The fourth-order valence-corrected chi connectivity index (χ4v) is 2.99. The molecule has 2 aliphatic heterocycles. The van der Waals surface area contributed by atoms with E-state index in [1.807, 2.05) is 25.1 Å². The first-order valence-corrected chi connectivity index (χ1v) is 7.90. The third kappa shape index (κ3) is 3.46. The van der Waals surface area contributed by atoms with E-state index < -0.39 is 0 Å². The summed E-state index contributed by atoms with van der Waals surface area (Å²) in [6, 6.07) is 10.2. The van der Waals surface area contributed by atoms with Crippen molar-refractivity contribution >= 4 is 0 Å². The maximum Gasteiger partial charge on any atom is 0.189 e. The summed E-state index contributed by atoms with van der Waals surface area (Å²) in [6.07, 6.45) is 2.69. The third-order valence-electron chi connectivity index (χ3n) is 4.07. The second kappa shape index (κ2) is 6.88. The number of unbranched alkanes of at least 4 members (excludes halogenated alkanes) is 1. The van der Waals surface area contributed by atoms with Gasteiger partial charge in [0.25, 0.3) is 0 Å². The van der Waals surface area contributed by atoms with Crippen molar-refractivity contribution in [2.24, 2.45) is 0 Å². The van der Waals surface area contributed by atoms with Crippen LogP contribution in [0.1, 0.15) is 38.7 Å². The first kappa shape index (κ1) is 15.0. The minimum Gasteiger partial charge on any atom is -0.368 e. The van der Waals surface area contributed by atoms with Crippen molar-refractivity contribution in [1.82, 2.24) is 0 Å². The zero-order valence-electron chi connectivity index (χ0n) is 12.7. The smallest absolute Gasteiger partial charge is 0.189 e. The quantitative estimate of drug-likeness (QED) is 0.806. The van der Waals surface area contributed by atoms with E-state index in [9.17, 15) is 0 Å². The summed E-state index contributed by atoms with van der Waals surface area (Å²) in [5.41, 5.74) is 1.17. The topological polar surface area (TPSA) is 36.9 Å².